The van der Waals surface area contributed by atoms with Gasteiger partial charge in [0.1, 0.15) is 12.2 Å². The molecule has 200 valence electrons. The van der Waals surface area contributed by atoms with E-state index in [0.29, 0.717) is 27.2 Å². The average molecular weight is 581 g/mol. The van der Waals surface area contributed by atoms with Crippen molar-refractivity contribution in [1.82, 2.24) is 0 Å². The Balaban J connectivity index is 1.66. The third-order valence-corrected chi connectivity index (χ3v) is 9.85. The largest absolute Gasteiger partial charge is 0.357 e. The summed E-state index contributed by atoms with van der Waals surface area (Å²) in [5.74, 6) is 0. The minimum atomic E-state index is -2.19. The molecule has 2 heterocycles. The number of fused-ring (bicyclic) bond motifs is 4. The molecule has 0 amide bonds. The molecule has 1 aliphatic carbocycles. The van der Waals surface area contributed by atoms with Crippen molar-refractivity contribution in [2.45, 2.75) is 33.7 Å². The topological polar surface area (TPSA) is 191 Å². The monoisotopic (exact) mass is 580 g/mol. The maximum Gasteiger partial charge on any atom is 0.283 e. The van der Waals surface area contributed by atoms with E-state index in [4.69, 9.17) is 4.74 Å². The Morgan fingerprint density at radius 1 is 0.902 bits per heavy atom. The Kier molecular flexibility index (Phi) is 6.90. The summed E-state index contributed by atoms with van der Waals surface area (Å²) in [6.45, 7) is 4.15. The van der Waals surface area contributed by atoms with Crippen LogP contribution in [0.1, 0.15) is 6.42 Å². The zero-order valence-corrected chi connectivity index (χ0v) is 22.5. The third kappa shape index (κ3) is 3.99. The van der Waals surface area contributed by atoms with Gasteiger partial charge in [0.25, 0.3) is 11.4 Å². The lowest BCUT2D eigenvalue weighted by atomic mass is 9.55. The lowest BCUT2D eigenvalue weighted by molar-refractivity contribution is -0.387. The molecular weight excluding hydrogens is 564 g/mol. The van der Waals surface area contributed by atoms with E-state index in [9.17, 15) is 41.3 Å². The van der Waals surface area contributed by atoms with E-state index in [1.54, 1.807) is 29.7 Å². The first-order valence-corrected chi connectivity index (χ1v) is 13.7. The first-order chi connectivity index (χ1) is 19.7. The van der Waals surface area contributed by atoms with E-state index < -0.39 is 38.1 Å². The van der Waals surface area contributed by atoms with Crippen LogP contribution in [0, 0.1) is 76.4 Å². The van der Waals surface area contributed by atoms with Crippen LogP contribution in [0.4, 0.5) is 11.4 Å². The van der Waals surface area contributed by atoms with Crippen LogP contribution in [-0.4, -0.2) is 27.3 Å². The molecule has 1 saturated heterocycles. The molecule has 0 spiro atoms. The van der Waals surface area contributed by atoms with Gasteiger partial charge in [0.15, 0.2) is 10.8 Å². The molecule has 0 N–H and O–H groups in total. The number of nitro benzene ring substituents is 2. The Bertz CT molecular complexity index is 1750. The van der Waals surface area contributed by atoms with Crippen LogP contribution in [0.5, 0.6) is 0 Å². The van der Waals surface area contributed by atoms with E-state index in [1.807, 2.05) is 24.3 Å². The summed E-state index contributed by atoms with van der Waals surface area (Å²) >= 11 is 1.98. The van der Waals surface area contributed by atoms with Crippen LogP contribution in [-0.2, 0) is 4.74 Å². The Labute approximate surface area is 241 Å². The van der Waals surface area contributed by atoms with Gasteiger partial charge in [-0.3, -0.25) is 20.2 Å². The summed E-state index contributed by atoms with van der Waals surface area (Å²) in [6.07, 6.45) is -1.85. The van der Waals surface area contributed by atoms with Gasteiger partial charge in [0.2, 0.25) is 0 Å². The number of rotatable bonds is 6. The van der Waals surface area contributed by atoms with Crippen molar-refractivity contribution in [3.63, 3.8) is 0 Å². The summed E-state index contributed by atoms with van der Waals surface area (Å²) in [5.41, 5.74) is -2.53. The van der Waals surface area contributed by atoms with Crippen LogP contribution in [0.15, 0.2) is 92.6 Å². The molecule has 11 nitrogen and oxygen atoms in total. The maximum absolute atomic E-state index is 11.8. The van der Waals surface area contributed by atoms with Crippen LogP contribution in [0.2, 0.25) is 0 Å². The first kappa shape index (κ1) is 27.6. The molecule has 41 heavy (non-hydrogen) atoms. The normalized spacial score (nSPS) is 24.0. The quantitative estimate of drug-likeness (QED) is 0.175. The van der Waals surface area contributed by atoms with Gasteiger partial charge in [0.05, 0.1) is 49.2 Å². The van der Waals surface area contributed by atoms with Crippen LogP contribution in [0.25, 0.3) is 0 Å². The highest BCUT2D eigenvalue weighted by molar-refractivity contribution is 8.02. The lowest BCUT2D eigenvalue weighted by Gasteiger charge is -2.44. The van der Waals surface area contributed by atoms with Crippen molar-refractivity contribution in [3.05, 3.63) is 103 Å². The second kappa shape index (κ2) is 10.2. The van der Waals surface area contributed by atoms with Crippen molar-refractivity contribution >= 4 is 34.9 Å². The highest BCUT2D eigenvalue weighted by Crippen LogP contribution is 2.64. The molecule has 3 atom stereocenters. The fraction of sp³-hybridized carbons (Fsp3) is 0.214. The molecule has 2 aromatic carbocycles. The second-order valence-electron chi connectivity index (χ2n) is 9.38. The predicted molar refractivity (Wildman–Crippen MR) is 147 cm³/mol. The van der Waals surface area contributed by atoms with Crippen molar-refractivity contribution in [1.29, 1.82) is 21.0 Å². The SMILES string of the molecule is C=C1/C(=C/Sc2ccccc2[N+](=O)[O-])[C@@H]2O[C@H]1C1=C2CC(C#N)(C#N)C(C#N)(C#N)[C@@H]1Sc1ccccc1[N+](=O)[O-]. The van der Waals surface area contributed by atoms with Gasteiger partial charge in [-0.1, -0.05) is 42.6 Å². The second-order valence-corrected chi connectivity index (χ2v) is 11.4. The van der Waals surface area contributed by atoms with Crippen molar-refractivity contribution in [2.75, 3.05) is 0 Å². The smallest absolute Gasteiger partial charge is 0.283 e. The third-order valence-electron chi connectivity index (χ3n) is 7.43. The average Bonchev–Trinajstić information content (AvgIpc) is 3.51. The molecule has 2 aliphatic heterocycles. The van der Waals surface area contributed by atoms with E-state index in [0.717, 1.165) is 23.5 Å². The molecule has 0 aromatic heterocycles. The minimum Gasteiger partial charge on any atom is -0.357 e. The Morgan fingerprint density at radius 2 is 1.46 bits per heavy atom. The maximum atomic E-state index is 11.8. The number of hydrogen-bond acceptors (Lipinski definition) is 11. The van der Waals surface area contributed by atoms with Crippen LogP contribution in [0.3, 0.4) is 0 Å². The predicted octanol–water partition coefficient (Wildman–Crippen LogP) is 5.74. The summed E-state index contributed by atoms with van der Waals surface area (Å²) in [7, 11) is 0. The summed E-state index contributed by atoms with van der Waals surface area (Å²) < 4.78 is 6.25. The molecule has 3 aliphatic rings. The van der Waals surface area contributed by atoms with E-state index in [1.165, 1.54) is 24.3 Å². The van der Waals surface area contributed by atoms with Gasteiger partial charge in [-0.15, -0.1) is 11.8 Å². The lowest BCUT2D eigenvalue weighted by Crippen LogP contribution is -2.51. The molecule has 2 bridgehead atoms. The number of nitro groups is 2. The highest BCUT2D eigenvalue weighted by atomic mass is 32.2. The number of benzene rings is 2. The first-order valence-electron chi connectivity index (χ1n) is 11.9. The summed E-state index contributed by atoms with van der Waals surface area (Å²) in [6, 6.07) is 19.8. The Hall–Kier alpha value is -4.92. The van der Waals surface area contributed by atoms with Gasteiger partial charge in [-0.05, 0) is 39.8 Å². The van der Waals surface area contributed by atoms with Gasteiger partial charge in [-0.2, -0.15) is 21.0 Å². The number of para-hydroxylation sites is 2. The van der Waals surface area contributed by atoms with Crippen molar-refractivity contribution < 1.29 is 14.6 Å². The number of nitrogens with zero attached hydrogens (tertiary/aromatic N) is 6. The fourth-order valence-electron chi connectivity index (χ4n) is 5.42. The zero-order valence-electron chi connectivity index (χ0n) is 20.9. The number of ether oxygens (including phenoxy) is 1. The van der Waals surface area contributed by atoms with Crippen molar-refractivity contribution in [2.24, 2.45) is 10.8 Å². The molecule has 13 heteroatoms. The highest BCUT2D eigenvalue weighted by Gasteiger charge is 2.68. The number of thioether (sulfide) groups is 2. The van der Waals surface area contributed by atoms with E-state index in [2.05, 4.69) is 6.58 Å². The van der Waals surface area contributed by atoms with Gasteiger partial charge < -0.3 is 4.74 Å². The van der Waals surface area contributed by atoms with Gasteiger partial charge >= 0.3 is 0 Å². The summed E-state index contributed by atoms with van der Waals surface area (Å²) in [4.78, 5) is 22.7. The number of nitriles is 4. The summed E-state index contributed by atoms with van der Waals surface area (Å²) in [5, 5.41) is 65.0. The number of hydrogen-bond donors (Lipinski definition) is 0. The molecular formula is C28H16N6O5S2. The molecule has 2 aromatic rings. The minimum absolute atomic E-state index is 0.0803. The molecule has 0 unspecified atom stereocenters. The van der Waals surface area contributed by atoms with E-state index in [-0.39, 0.29) is 22.7 Å². The Morgan fingerprint density at radius 3 is 2.02 bits per heavy atom. The zero-order chi connectivity index (χ0) is 29.5. The van der Waals surface area contributed by atoms with Gasteiger partial charge in [-0.25, -0.2) is 0 Å². The van der Waals surface area contributed by atoms with Crippen molar-refractivity contribution in [3.8, 4) is 24.3 Å². The van der Waals surface area contributed by atoms with Gasteiger partial charge in [0, 0.05) is 18.6 Å². The molecule has 1 fully saturated rings. The van der Waals surface area contributed by atoms with Crippen LogP contribution >= 0.6 is 23.5 Å². The molecule has 5 rings (SSSR count). The standard InChI is InChI=1S/C28H16N6O5S2/c1-16-18(11-40-21-8-4-2-6-19(21)33(35)36)25-17-10-27(12-29,13-30)28(14-31,15-32)26(23(17)24(16)39-25)41-22-9-5-3-7-20(22)34(37)38/h2-9,11,24-26H,1,10H2/b18-11-/t24-,25-,26-/m1/s1. The molecule has 0 radical (unpaired) electrons. The van der Waals surface area contributed by atoms with E-state index >= 15 is 0 Å². The fourth-order valence-corrected chi connectivity index (χ4v) is 7.93. The molecule has 0 saturated carbocycles. The van der Waals surface area contributed by atoms with Crippen LogP contribution < -0.4 is 0 Å².